The van der Waals surface area contributed by atoms with Gasteiger partial charge in [0.2, 0.25) is 11.7 Å². The third-order valence-corrected chi connectivity index (χ3v) is 6.98. The molecule has 1 amide bonds. The maximum atomic E-state index is 13.3. The van der Waals surface area contributed by atoms with Crippen molar-refractivity contribution in [3.8, 4) is 22.5 Å². The number of tetrazole rings is 1. The van der Waals surface area contributed by atoms with E-state index in [1.165, 1.54) is 16.8 Å². The van der Waals surface area contributed by atoms with E-state index in [1.54, 1.807) is 0 Å². The summed E-state index contributed by atoms with van der Waals surface area (Å²) in [5.41, 5.74) is 9.22. The van der Waals surface area contributed by atoms with E-state index in [2.05, 4.69) is 73.3 Å². The number of carbonyl (C=O) groups is 1. The van der Waals surface area contributed by atoms with Gasteiger partial charge in [-0.1, -0.05) is 78.4 Å². The van der Waals surface area contributed by atoms with Gasteiger partial charge in [-0.05, 0) is 65.4 Å². The summed E-state index contributed by atoms with van der Waals surface area (Å²) in [7, 11) is 0. The summed E-state index contributed by atoms with van der Waals surface area (Å²) in [5.74, 6) is 0.476. The number of amides is 1. The topological polar surface area (TPSA) is 86.8 Å². The molecule has 0 atom stereocenters. The van der Waals surface area contributed by atoms with Crippen LogP contribution in [0.3, 0.4) is 0 Å². The molecule has 0 unspecified atom stereocenters. The van der Waals surface area contributed by atoms with Gasteiger partial charge >= 0.3 is 0 Å². The van der Waals surface area contributed by atoms with Gasteiger partial charge in [0, 0.05) is 17.8 Å². The van der Waals surface area contributed by atoms with Gasteiger partial charge in [0.15, 0.2) is 0 Å². The summed E-state index contributed by atoms with van der Waals surface area (Å²) >= 11 is 0. The molecule has 4 aromatic carbocycles. The van der Waals surface area contributed by atoms with E-state index in [9.17, 15) is 4.79 Å². The number of aromatic amines is 1. The summed E-state index contributed by atoms with van der Waals surface area (Å²) in [6.07, 6.45) is 2.41. The fraction of sp³-hybridized carbons (Fsp3) is 0.161. The largest absolute Gasteiger partial charge is 0.340 e. The van der Waals surface area contributed by atoms with Crippen LogP contribution in [-0.4, -0.2) is 33.1 Å². The summed E-state index contributed by atoms with van der Waals surface area (Å²) in [6, 6.07) is 30.8. The van der Waals surface area contributed by atoms with Crippen LogP contribution in [0.5, 0.6) is 0 Å². The second-order valence-electron chi connectivity index (χ2n) is 9.61. The normalized spacial score (nSPS) is 12.7. The van der Waals surface area contributed by atoms with Crippen molar-refractivity contribution in [2.45, 2.75) is 26.2 Å². The third-order valence-electron chi connectivity index (χ3n) is 6.98. The predicted molar refractivity (Wildman–Crippen MR) is 150 cm³/mol. The second-order valence-corrected chi connectivity index (χ2v) is 9.61. The summed E-state index contributed by atoms with van der Waals surface area (Å²) in [6.45, 7) is 2.93. The number of nitrogens with zero attached hydrogens (tertiary/aromatic N) is 4. The van der Waals surface area contributed by atoms with Crippen molar-refractivity contribution in [1.29, 1.82) is 0 Å². The van der Waals surface area contributed by atoms with E-state index in [1.807, 2.05) is 55.5 Å². The molecule has 188 valence electrons. The highest BCUT2D eigenvalue weighted by molar-refractivity contribution is 5.98. The van der Waals surface area contributed by atoms with Crippen LogP contribution >= 0.6 is 0 Å². The lowest BCUT2D eigenvalue weighted by Gasteiger charge is -2.33. The van der Waals surface area contributed by atoms with Gasteiger partial charge in [-0.2, -0.15) is 5.21 Å². The minimum Gasteiger partial charge on any atom is -0.340 e. The maximum absolute atomic E-state index is 13.3. The smallest absolute Gasteiger partial charge is 0.228 e. The molecule has 6 rings (SSSR count). The first-order chi connectivity index (χ1) is 18.7. The molecule has 0 saturated heterocycles. The number of rotatable bonds is 6. The van der Waals surface area contributed by atoms with E-state index < -0.39 is 0 Å². The van der Waals surface area contributed by atoms with Gasteiger partial charge in [-0.25, -0.2) is 0 Å². The molecule has 1 aliphatic heterocycles. The number of aromatic nitrogens is 4. The van der Waals surface area contributed by atoms with Crippen molar-refractivity contribution in [3.63, 3.8) is 0 Å². The van der Waals surface area contributed by atoms with Gasteiger partial charge in [-0.3, -0.25) is 4.79 Å². The number of hydrogen-bond acceptors (Lipinski definition) is 5. The lowest BCUT2D eigenvalue weighted by atomic mass is 9.96. The fourth-order valence-corrected chi connectivity index (χ4v) is 5.11. The fourth-order valence-electron chi connectivity index (χ4n) is 5.11. The van der Waals surface area contributed by atoms with Gasteiger partial charge in [-0.15, -0.1) is 10.2 Å². The predicted octanol–water partition coefficient (Wildman–Crippen LogP) is 6.11. The first kappa shape index (κ1) is 23.6. The molecule has 38 heavy (non-hydrogen) atoms. The Labute approximate surface area is 221 Å². The number of benzene rings is 4. The van der Waals surface area contributed by atoms with Crippen molar-refractivity contribution in [2.24, 2.45) is 0 Å². The Morgan fingerprint density at radius 2 is 1.71 bits per heavy atom. The third kappa shape index (κ3) is 4.78. The molecule has 0 saturated carbocycles. The Hall–Kier alpha value is -4.78. The molecule has 7 heteroatoms. The zero-order valence-electron chi connectivity index (χ0n) is 21.2. The molecule has 2 heterocycles. The zero-order valence-corrected chi connectivity index (χ0v) is 21.2. The number of aryl methyl sites for hydroxylation is 2. The van der Waals surface area contributed by atoms with Crippen LogP contribution in [0.4, 0.5) is 17.1 Å². The van der Waals surface area contributed by atoms with Gasteiger partial charge in [0.05, 0.1) is 17.8 Å². The molecule has 0 bridgehead atoms. The van der Waals surface area contributed by atoms with Crippen molar-refractivity contribution in [3.05, 3.63) is 108 Å². The molecular formula is C31H28N6O. The minimum absolute atomic E-state index is 0.0519. The highest BCUT2D eigenvalue weighted by atomic mass is 16.1. The average molecular weight is 501 g/mol. The molecule has 0 aliphatic carbocycles. The number of H-pyrrole nitrogens is 1. The zero-order chi connectivity index (χ0) is 25.9. The van der Waals surface area contributed by atoms with E-state index in [0.29, 0.717) is 12.2 Å². The monoisotopic (exact) mass is 500 g/mol. The molecule has 0 spiro atoms. The van der Waals surface area contributed by atoms with Crippen LogP contribution in [0.15, 0.2) is 91.0 Å². The number of hydrogen-bond donors (Lipinski definition) is 2. The Morgan fingerprint density at radius 1 is 0.921 bits per heavy atom. The first-order valence-electron chi connectivity index (χ1n) is 12.8. The Bertz CT molecular complexity index is 1580. The molecule has 1 aliphatic rings. The van der Waals surface area contributed by atoms with Crippen LogP contribution < -0.4 is 10.2 Å². The van der Waals surface area contributed by atoms with Crippen molar-refractivity contribution < 1.29 is 4.79 Å². The molecular weight excluding hydrogens is 472 g/mol. The lowest BCUT2D eigenvalue weighted by molar-refractivity contribution is -0.115. The van der Waals surface area contributed by atoms with Crippen LogP contribution in [0, 0.1) is 6.92 Å². The van der Waals surface area contributed by atoms with Crippen molar-refractivity contribution in [1.82, 2.24) is 20.6 Å². The summed E-state index contributed by atoms with van der Waals surface area (Å²) in [4.78, 5) is 15.6. The van der Waals surface area contributed by atoms with E-state index in [4.69, 9.17) is 0 Å². The van der Waals surface area contributed by atoms with Crippen LogP contribution in [-0.2, 0) is 17.6 Å². The molecule has 2 N–H and O–H groups in total. The lowest BCUT2D eigenvalue weighted by Crippen LogP contribution is -2.26. The highest BCUT2D eigenvalue weighted by Crippen LogP contribution is 2.40. The van der Waals surface area contributed by atoms with Crippen LogP contribution in [0.25, 0.3) is 22.5 Å². The van der Waals surface area contributed by atoms with Gasteiger partial charge in [0.1, 0.15) is 0 Å². The van der Waals surface area contributed by atoms with E-state index in [0.717, 1.165) is 53.0 Å². The molecule has 1 aromatic heterocycles. The number of fused-ring (bicyclic) bond motifs is 1. The van der Waals surface area contributed by atoms with Crippen molar-refractivity contribution in [2.75, 3.05) is 16.8 Å². The Morgan fingerprint density at radius 3 is 2.53 bits per heavy atom. The number of para-hydroxylation sites is 1. The number of carbonyl (C=O) groups excluding carboxylic acids is 1. The standard InChI is InChI=1S/C31H28N6O/c1-21-12-14-22(15-13-21)19-30(38)32-27-20-24(25-9-3-4-10-26(25)31-33-35-36-34-31)16-17-29(27)37-18-6-8-23-7-2-5-11-28(23)37/h2-5,7,9-17,20H,6,8,18-19H2,1H3,(H,32,38)(H,33,34,35,36). The van der Waals surface area contributed by atoms with Crippen LogP contribution in [0.2, 0.25) is 0 Å². The second kappa shape index (κ2) is 10.3. The number of anilines is 3. The van der Waals surface area contributed by atoms with E-state index in [-0.39, 0.29) is 5.91 Å². The summed E-state index contributed by atoms with van der Waals surface area (Å²) < 4.78 is 0. The quantitative estimate of drug-likeness (QED) is 0.294. The molecule has 0 fully saturated rings. The van der Waals surface area contributed by atoms with E-state index >= 15 is 0 Å². The van der Waals surface area contributed by atoms with Gasteiger partial charge in [0.25, 0.3) is 0 Å². The summed E-state index contributed by atoms with van der Waals surface area (Å²) in [5, 5.41) is 17.9. The molecule has 0 radical (unpaired) electrons. The first-order valence-corrected chi connectivity index (χ1v) is 12.8. The van der Waals surface area contributed by atoms with Crippen molar-refractivity contribution >= 4 is 23.0 Å². The molecule has 5 aromatic rings. The average Bonchev–Trinajstić information content (AvgIpc) is 3.49. The minimum atomic E-state index is -0.0519. The Balaban J connectivity index is 1.41. The van der Waals surface area contributed by atoms with Gasteiger partial charge < -0.3 is 10.2 Å². The highest BCUT2D eigenvalue weighted by Gasteiger charge is 2.22. The maximum Gasteiger partial charge on any atom is 0.228 e. The molecule has 7 nitrogen and oxygen atoms in total. The van der Waals surface area contributed by atoms with Crippen LogP contribution in [0.1, 0.15) is 23.1 Å². The SMILES string of the molecule is Cc1ccc(CC(=O)Nc2cc(-c3ccccc3-c3nn[nH]n3)ccc2N2CCCc3ccccc32)cc1. The Kier molecular flexibility index (Phi) is 6.40. The number of nitrogens with one attached hydrogen (secondary N) is 2.